The summed E-state index contributed by atoms with van der Waals surface area (Å²) in [5.41, 5.74) is 0.843. The van der Waals surface area contributed by atoms with E-state index in [0.717, 1.165) is 5.56 Å². The Morgan fingerprint density at radius 3 is 2.35 bits per heavy atom. The number of benzene rings is 2. The summed E-state index contributed by atoms with van der Waals surface area (Å²) < 4.78 is 24.5. The van der Waals surface area contributed by atoms with Crippen molar-refractivity contribution in [3.05, 3.63) is 59.9 Å². The minimum Gasteiger partial charge on any atom is -0.497 e. The maximum Gasteiger partial charge on any atom is 0.261 e. The maximum absolute atomic E-state index is 13.9. The van der Waals surface area contributed by atoms with E-state index in [1.807, 2.05) is 32.9 Å². The third-order valence-electron chi connectivity index (χ3n) is 4.77. The van der Waals surface area contributed by atoms with Crippen molar-refractivity contribution < 1.29 is 23.5 Å². The maximum atomic E-state index is 13.9. The van der Waals surface area contributed by atoms with Crippen LogP contribution in [0.5, 0.6) is 11.5 Å². The van der Waals surface area contributed by atoms with Crippen LogP contribution in [0.2, 0.25) is 0 Å². The Hall–Kier alpha value is -3.09. The molecule has 31 heavy (non-hydrogen) atoms. The van der Waals surface area contributed by atoms with Crippen LogP contribution < -0.4 is 14.8 Å². The van der Waals surface area contributed by atoms with Crippen molar-refractivity contribution >= 4 is 11.8 Å². The normalized spacial score (nSPS) is 11.7. The summed E-state index contributed by atoms with van der Waals surface area (Å²) in [7, 11) is 1.58. The largest absolute Gasteiger partial charge is 0.497 e. The van der Waals surface area contributed by atoms with Gasteiger partial charge in [0.15, 0.2) is 18.2 Å². The van der Waals surface area contributed by atoms with E-state index in [4.69, 9.17) is 9.47 Å². The second-order valence-electron chi connectivity index (χ2n) is 7.65. The number of para-hydroxylation sites is 1. The molecule has 2 aromatic carbocycles. The predicted molar refractivity (Wildman–Crippen MR) is 117 cm³/mol. The summed E-state index contributed by atoms with van der Waals surface area (Å²) in [5.74, 6) is -0.173. The number of carbonyl (C=O) groups is 2. The Bertz CT molecular complexity index is 855. The summed E-state index contributed by atoms with van der Waals surface area (Å²) in [6.45, 7) is 6.23. The quantitative estimate of drug-likeness (QED) is 0.589. The number of hydrogen-bond acceptors (Lipinski definition) is 4. The first kappa shape index (κ1) is 24.2. The van der Waals surface area contributed by atoms with Gasteiger partial charge in [-0.15, -0.1) is 0 Å². The van der Waals surface area contributed by atoms with Gasteiger partial charge in [0.05, 0.1) is 7.11 Å². The number of methoxy groups -OCH3 is 1. The molecule has 2 rings (SSSR count). The van der Waals surface area contributed by atoms with Crippen LogP contribution in [0.15, 0.2) is 48.5 Å². The second kappa shape index (κ2) is 11.9. The predicted octanol–water partition coefficient (Wildman–Crippen LogP) is 3.79. The summed E-state index contributed by atoms with van der Waals surface area (Å²) >= 11 is 0. The van der Waals surface area contributed by atoms with Gasteiger partial charge in [0, 0.05) is 13.1 Å². The van der Waals surface area contributed by atoms with Crippen molar-refractivity contribution in [2.75, 3.05) is 20.3 Å². The molecule has 7 heteroatoms. The minimum atomic E-state index is -0.669. The summed E-state index contributed by atoms with van der Waals surface area (Å²) in [4.78, 5) is 27.4. The van der Waals surface area contributed by atoms with Crippen LogP contribution in [0.4, 0.5) is 4.39 Å². The van der Waals surface area contributed by atoms with Gasteiger partial charge in [0.2, 0.25) is 5.91 Å². The molecule has 2 amide bonds. The lowest BCUT2D eigenvalue weighted by molar-refractivity contribution is -0.143. The van der Waals surface area contributed by atoms with Crippen LogP contribution in [0.25, 0.3) is 0 Å². The van der Waals surface area contributed by atoms with Crippen LogP contribution in [-0.2, 0) is 16.1 Å². The molecule has 0 fully saturated rings. The molecule has 168 valence electrons. The fraction of sp³-hybridized carbons (Fsp3) is 0.417. The van der Waals surface area contributed by atoms with Crippen molar-refractivity contribution in [2.24, 2.45) is 5.92 Å². The van der Waals surface area contributed by atoms with Gasteiger partial charge < -0.3 is 19.7 Å². The molecule has 0 heterocycles. The number of nitrogens with zero attached hydrogens (tertiary/aromatic N) is 1. The number of amides is 2. The van der Waals surface area contributed by atoms with Gasteiger partial charge >= 0.3 is 0 Å². The number of ether oxygens (including phenoxy) is 2. The zero-order valence-corrected chi connectivity index (χ0v) is 18.6. The van der Waals surface area contributed by atoms with E-state index in [1.54, 1.807) is 31.4 Å². The van der Waals surface area contributed by atoms with Crippen molar-refractivity contribution in [3.8, 4) is 11.5 Å². The van der Waals surface area contributed by atoms with Gasteiger partial charge in [-0.2, -0.15) is 0 Å². The standard InChI is InChI=1S/C24H31FN2O4/c1-5-21(24(29)26-14-17(2)3)27(15-18-10-12-19(30-4)13-11-18)23(28)16-31-22-9-7-6-8-20(22)25/h6-13,17,21H,5,14-16H2,1-4H3,(H,26,29). The highest BCUT2D eigenvalue weighted by molar-refractivity contribution is 5.88. The monoisotopic (exact) mass is 430 g/mol. The van der Waals surface area contributed by atoms with E-state index in [-0.39, 0.29) is 30.7 Å². The zero-order chi connectivity index (χ0) is 22.8. The number of hydrogen-bond donors (Lipinski definition) is 1. The van der Waals surface area contributed by atoms with Gasteiger partial charge in [-0.3, -0.25) is 9.59 Å². The molecule has 6 nitrogen and oxygen atoms in total. The van der Waals surface area contributed by atoms with E-state index >= 15 is 0 Å². The Labute approximate surface area is 183 Å². The van der Waals surface area contributed by atoms with Crippen molar-refractivity contribution in [1.82, 2.24) is 10.2 Å². The van der Waals surface area contributed by atoms with Gasteiger partial charge in [0.25, 0.3) is 5.91 Å². The van der Waals surface area contributed by atoms with Crippen LogP contribution in [-0.4, -0.2) is 43.0 Å². The fourth-order valence-corrected chi connectivity index (χ4v) is 3.05. The Morgan fingerprint density at radius 1 is 1.10 bits per heavy atom. The molecule has 2 aromatic rings. The summed E-state index contributed by atoms with van der Waals surface area (Å²) in [6.07, 6.45) is 0.436. The smallest absolute Gasteiger partial charge is 0.261 e. The molecule has 0 saturated carbocycles. The van der Waals surface area contributed by atoms with E-state index in [1.165, 1.54) is 17.0 Å². The first-order chi connectivity index (χ1) is 14.8. The topological polar surface area (TPSA) is 67.9 Å². The van der Waals surface area contributed by atoms with Crippen molar-refractivity contribution in [1.29, 1.82) is 0 Å². The van der Waals surface area contributed by atoms with E-state index < -0.39 is 17.8 Å². The number of carbonyl (C=O) groups excluding carboxylic acids is 2. The molecule has 0 saturated heterocycles. The van der Waals surface area contributed by atoms with Gasteiger partial charge in [-0.05, 0) is 42.2 Å². The lowest BCUT2D eigenvalue weighted by Gasteiger charge is -2.31. The number of nitrogens with one attached hydrogen (secondary N) is 1. The van der Waals surface area contributed by atoms with Crippen molar-refractivity contribution in [2.45, 2.75) is 39.8 Å². The molecular weight excluding hydrogens is 399 g/mol. The van der Waals surface area contributed by atoms with Crippen LogP contribution in [0.3, 0.4) is 0 Å². The molecule has 0 radical (unpaired) electrons. The third-order valence-corrected chi connectivity index (χ3v) is 4.77. The summed E-state index contributed by atoms with van der Waals surface area (Å²) in [5, 5.41) is 2.90. The van der Waals surface area contributed by atoms with Crippen LogP contribution >= 0.6 is 0 Å². The first-order valence-electron chi connectivity index (χ1n) is 10.4. The van der Waals surface area contributed by atoms with E-state index in [2.05, 4.69) is 5.32 Å². The fourth-order valence-electron chi connectivity index (χ4n) is 3.05. The molecule has 0 spiro atoms. The van der Waals surface area contributed by atoms with E-state index in [0.29, 0.717) is 18.7 Å². The first-order valence-corrected chi connectivity index (χ1v) is 10.4. The minimum absolute atomic E-state index is 0.00226. The lowest BCUT2D eigenvalue weighted by Crippen LogP contribution is -2.50. The molecule has 0 bridgehead atoms. The van der Waals surface area contributed by atoms with Gasteiger partial charge in [-0.1, -0.05) is 45.0 Å². The lowest BCUT2D eigenvalue weighted by atomic mass is 10.1. The highest BCUT2D eigenvalue weighted by Gasteiger charge is 2.29. The highest BCUT2D eigenvalue weighted by Crippen LogP contribution is 2.18. The SMILES string of the molecule is CCC(C(=O)NCC(C)C)N(Cc1ccc(OC)cc1)C(=O)COc1ccccc1F. The van der Waals surface area contributed by atoms with Crippen LogP contribution in [0.1, 0.15) is 32.8 Å². The van der Waals surface area contributed by atoms with Gasteiger partial charge in [0.1, 0.15) is 11.8 Å². The molecule has 1 atom stereocenters. The Kier molecular flexibility index (Phi) is 9.31. The molecule has 1 unspecified atom stereocenters. The zero-order valence-electron chi connectivity index (χ0n) is 18.6. The third kappa shape index (κ3) is 7.27. The average Bonchev–Trinajstić information content (AvgIpc) is 2.77. The van der Waals surface area contributed by atoms with Crippen LogP contribution in [0, 0.1) is 11.7 Å². The number of rotatable bonds is 11. The molecule has 0 aromatic heterocycles. The van der Waals surface area contributed by atoms with Gasteiger partial charge in [-0.25, -0.2) is 4.39 Å². The number of halogens is 1. The molecule has 0 aliphatic carbocycles. The Morgan fingerprint density at radius 2 is 1.77 bits per heavy atom. The van der Waals surface area contributed by atoms with Crippen molar-refractivity contribution in [3.63, 3.8) is 0 Å². The highest BCUT2D eigenvalue weighted by atomic mass is 19.1. The Balaban J connectivity index is 2.20. The molecular formula is C24H31FN2O4. The van der Waals surface area contributed by atoms with E-state index in [9.17, 15) is 14.0 Å². The average molecular weight is 431 g/mol. The molecule has 1 N–H and O–H groups in total. The molecule has 0 aliphatic heterocycles. The summed E-state index contributed by atoms with van der Waals surface area (Å²) in [6, 6.07) is 12.5. The second-order valence-corrected chi connectivity index (χ2v) is 7.65. The molecule has 0 aliphatic rings.